The molecule has 106 valence electrons. The molecule has 2 aromatic heterocycles. The van der Waals surface area contributed by atoms with Crippen LogP contribution in [0.5, 0.6) is 0 Å². The van der Waals surface area contributed by atoms with Crippen molar-refractivity contribution in [2.24, 2.45) is 5.92 Å². The minimum Gasteiger partial charge on any atom is -0.346 e. The molecule has 0 saturated carbocycles. The molecule has 0 radical (unpaired) electrons. The van der Waals surface area contributed by atoms with Crippen molar-refractivity contribution < 1.29 is 0 Å². The van der Waals surface area contributed by atoms with Crippen LogP contribution in [0.3, 0.4) is 0 Å². The molecule has 2 aromatic rings. The molecule has 1 atom stereocenters. The Bertz CT molecular complexity index is 585. The van der Waals surface area contributed by atoms with Gasteiger partial charge in [-0.2, -0.15) is 16.9 Å². The van der Waals surface area contributed by atoms with Crippen LogP contribution in [-0.2, 0) is 0 Å². The SMILES string of the molecule is CSCC(C)C(=S)Nc1cn(-c2cccnc2)nc1Cl. The van der Waals surface area contributed by atoms with Crippen LogP contribution >= 0.6 is 35.6 Å². The highest BCUT2D eigenvalue weighted by Crippen LogP contribution is 2.23. The number of anilines is 1. The van der Waals surface area contributed by atoms with Crippen LogP contribution in [-0.4, -0.2) is 31.8 Å². The third-order valence-electron chi connectivity index (χ3n) is 2.70. The fraction of sp³-hybridized carbons (Fsp3) is 0.308. The lowest BCUT2D eigenvalue weighted by atomic mass is 10.2. The average molecular weight is 327 g/mol. The normalized spacial score (nSPS) is 12.2. The van der Waals surface area contributed by atoms with E-state index in [9.17, 15) is 0 Å². The molecule has 20 heavy (non-hydrogen) atoms. The number of hydrogen-bond acceptors (Lipinski definition) is 4. The Morgan fingerprint density at radius 2 is 2.40 bits per heavy atom. The minimum atomic E-state index is 0.290. The quantitative estimate of drug-likeness (QED) is 0.849. The van der Waals surface area contributed by atoms with E-state index in [1.807, 2.05) is 18.3 Å². The van der Waals surface area contributed by atoms with Gasteiger partial charge < -0.3 is 5.32 Å². The van der Waals surface area contributed by atoms with Crippen molar-refractivity contribution in [3.8, 4) is 5.69 Å². The molecule has 2 rings (SSSR count). The van der Waals surface area contributed by atoms with Crippen LogP contribution in [0.25, 0.3) is 5.69 Å². The first-order chi connectivity index (χ1) is 9.61. The number of aromatic nitrogens is 3. The summed E-state index contributed by atoms with van der Waals surface area (Å²) in [7, 11) is 0. The van der Waals surface area contributed by atoms with Crippen LogP contribution in [0.15, 0.2) is 30.7 Å². The van der Waals surface area contributed by atoms with Crippen LogP contribution in [0.2, 0.25) is 5.15 Å². The number of nitrogens with zero attached hydrogens (tertiary/aromatic N) is 3. The Hall–Kier alpha value is -1.11. The van der Waals surface area contributed by atoms with E-state index in [1.54, 1.807) is 28.8 Å². The van der Waals surface area contributed by atoms with E-state index in [4.69, 9.17) is 23.8 Å². The molecule has 0 bridgehead atoms. The molecule has 0 amide bonds. The van der Waals surface area contributed by atoms with Crippen LogP contribution in [0, 0.1) is 5.92 Å². The van der Waals surface area contributed by atoms with Crippen LogP contribution in [0.1, 0.15) is 6.92 Å². The van der Waals surface area contributed by atoms with Gasteiger partial charge in [0, 0.05) is 17.9 Å². The Balaban J connectivity index is 2.14. The summed E-state index contributed by atoms with van der Waals surface area (Å²) in [5.41, 5.74) is 1.57. The third-order valence-corrected chi connectivity index (χ3v) is 4.32. The lowest BCUT2D eigenvalue weighted by molar-refractivity contribution is 0.874. The highest BCUT2D eigenvalue weighted by Gasteiger charge is 2.13. The van der Waals surface area contributed by atoms with Gasteiger partial charge in [-0.05, 0) is 18.4 Å². The minimum absolute atomic E-state index is 0.290. The van der Waals surface area contributed by atoms with E-state index < -0.39 is 0 Å². The number of thiocarbonyl (C=S) groups is 1. The van der Waals surface area contributed by atoms with Crippen molar-refractivity contribution in [2.45, 2.75) is 6.92 Å². The Morgan fingerprint density at radius 1 is 1.60 bits per heavy atom. The van der Waals surface area contributed by atoms with Crippen molar-refractivity contribution in [3.63, 3.8) is 0 Å². The van der Waals surface area contributed by atoms with E-state index >= 15 is 0 Å². The van der Waals surface area contributed by atoms with Gasteiger partial charge >= 0.3 is 0 Å². The molecule has 0 aliphatic heterocycles. The maximum absolute atomic E-state index is 6.14. The third kappa shape index (κ3) is 3.71. The smallest absolute Gasteiger partial charge is 0.174 e. The van der Waals surface area contributed by atoms with E-state index in [2.05, 4.69) is 28.6 Å². The summed E-state index contributed by atoms with van der Waals surface area (Å²) in [5, 5.41) is 7.82. The predicted molar refractivity (Wildman–Crippen MR) is 90.1 cm³/mol. The molecule has 0 aliphatic carbocycles. The molecule has 0 fully saturated rings. The standard InChI is InChI=1S/C13H15ClN4S2/c1-9(8-20-2)13(19)16-11-7-18(17-12(11)14)10-4-3-5-15-6-10/h3-7,9H,8H2,1-2H3,(H,16,19). The zero-order valence-corrected chi connectivity index (χ0v) is 13.6. The topological polar surface area (TPSA) is 42.7 Å². The number of rotatable bonds is 5. The average Bonchev–Trinajstić information content (AvgIpc) is 2.81. The van der Waals surface area contributed by atoms with E-state index in [1.165, 1.54) is 0 Å². The molecule has 4 nitrogen and oxygen atoms in total. The van der Waals surface area contributed by atoms with Crippen LogP contribution < -0.4 is 5.32 Å². The first-order valence-corrected chi connectivity index (χ1v) is 8.25. The van der Waals surface area contributed by atoms with Gasteiger partial charge in [0.15, 0.2) is 5.15 Å². The number of hydrogen-bond donors (Lipinski definition) is 1. The summed E-state index contributed by atoms with van der Waals surface area (Å²) >= 11 is 13.3. The largest absolute Gasteiger partial charge is 0.346 e. The summed E-state index contributed by atoms with van der Waals surface area (Å²) in [6.07, 6.45) is 7.32. The van der Waals surface area contributed by atoms with Gasteiger partial charge in [0.05, 0.1) is 28.8 Å². The van der Waals surface area contributed by atoms with Gasteiger partial charge in [-0.25, -0.2) is 4.68 Å². The van der Waals surface area contributed by atoms with Gasteiger partial charge in [0.2, 0.25) is 0 Å². The Morgan fingerprint density at radius 3 is 3.05 bits per heavy atom. The second-order valence-electron chi connectivity index (χ2n) is 4.34. The second-order valence-corrected chi connectivity index (χ2v) is 6.04. The first-order valence-electron chi connectivity index (χ1n) is 6.07. The lowest BCUT2D eigenvalue weighted by Crippen LogP contribution is -2.19. The van der Waals surface area contributed by atoms with Crippen molar-refractivity contribution in [1.29, 1.82) is 0 Å². The lowest BCUT2D eigenvalue weighted by Gasteiger charge is -2.12. The van der Waals surface area contributed by atoms with Gasteiger partial charge in [0.1, 0.15) is 0 Å². The van der Waals surface area contributed by atoms with E-state index in [0.717, 1.165) is 16.4 Å². The fourth-order valence-corrected chi connectivity index (χ4v) is 2.78. The molecule has 2 heterocycles. The molecule has 0 aromatic carbocycles. The van der Waals surface area contributed by atoms with Gasteiger partial charge in [-0.1, -0.05) is 30.7 Å². The summed E-state index contributed by atoms with van der Waals surface area (Å²) in [4.78, 5) is 4.83. The predicted octanol–water partition coefficient (Wildman–Crippen LogP) is 3.66. The maximum Gasteiger partial charge on any atom is 0.174 e. The summed E-state index contributed by atoms with van der Waals surface area (Å²) in [5.74, 6) is 1.26. The van der Waals surface area contributed by atoms with Gasteiger partial charge in [-0.3, -0.25) is 4.98 Å². The summed E-state index contributed by atoms with van der Waals surface area (Å²) < 4.78 is 1.68. The monoisotopic (exact) mass is 326 g/mol. The molecule has 1 unspecified atom stereocenters. The van der Waals surface area contributed by atoms with Crippen LogP contribution in [0.4, 0.5) is 5.69 Å². The zero-order chi connectivity index (χ0) is 14.5. The molecule has 1 N–H and O–H groups in total. The van der Waals surface area contributed by atoms with Gasteiger partial charge in [0.25, 0.3) is 0 Å². The fourth-order valence-electron chi connectivity index (χ4n) is 1.64. The highest BCUT2D eigenvalue weighted by molar-refractivity contribution is 7.98. The first kappa shape index (κ1) is 15.3. The summed E-state index contributed by atoms with van der Waals surface area (Å²) in [6.45, 7) is 2.09. The molecular formula is C13H15ClN4S2. The highest BCUT2D eigenvalue weighted by atomic mass is 35.5. The van der Waals surface area contributed by atoms with Gasteiger partial charge in [-0.15, -0.1) is 0 Å². The molecule has 0 saturated heterocycles. The van der Waals surface area contributed by atoms with Crippen molar-refractivity contribution >= 4 is 46.3 Å². The Kier molecular flexibility index (Phi) is 5.39. The second kappa shape index (κ2) is 7.06. The summed E-state index contributed by atoms with van der Waals surface area (Å²) in [6, 6.07) is 3.76. The maximum atomic E-state index is 6.14. The van der Waals surface area contributed by atoms with Crippen molar-refractivity contribution in [3.05, 3.63) is 35.9 Å². The number of nitrogens with one attached hydrogen (secondary N) is 1. The molecule has 0 spiro atoms. The number of pyridine rings is 1. The van der Waals surface area contributed by atoms with Crippen molar-refractivity contribution in [1.82, 2.24) is 14.8 Å². The zero-order valence-electron chi connectivity index (χ0n) is 11.2. The number of halogens is 1. The molecular weight excluding hydrogens is 312 g/mol. The Labute approximate surface area is 132 Å². The van der Waals surface area contributed by atoms with Crippen molar-refractivity contribution in [2.75, 3.05) is 17.3 Å². The number of thioether (sulfide) groups is 1. The van der Waals surface area contributed by atoms with E-state index in [-0.39, 0.29) is 5.92 Å². The molecule has 7 heteroatoms. The van der Waals surface area contributed by atoms with E-state index in [0.29, 0.717) is 10.8 Å². The molecule has 0 aliphatic rings.